The van der Waals surface area contributed by atoms with E-state index in [1.54, 1.807) is 0 Å². The van der Waals surface area contributed by atoms with Gasteiger partial charge in [-0.05, 0) is 31.9 Å². The van der Waals surface area contributed by atoms with E-state index in [-0.39, 0.29) is 0 Å². The molecule has 0 spiro atoms. The van der Waals surface area contributed by atoms with E-state index in [1.165, 1.54) is 11.1 Å². The minimum Gasteiger partial charge on any atom is -0.444 e. The van der Waals surface area contributed by atoms with Crippen LogP contribution in [0.4, 0.5) is 0 Å². The van der Waals surface area contributed by atoms with Gasteiger partial charge in [0, 0.05) is 26.2 Å². The fraction of sp³-hybridized carbons (Fsp3) is 0.524. The molecule has 1 aromatic carbocycles. The molecule has 0 bridgehead atoms. The molecule has 2 N–H and O–H groups in total. The molecule has 0 saturated carbocycles. The van der Waals surface area contributed by atoms with Gasteiger partial charge in [-0.25, -0.2) is 9.98 Å². The van der Waals surface area contributed by atoms with Gasteiger partial charge in [-0.3, -0.25) is 4.90 Å². The first-order chi connectivity index (χ1) is 13.6. The Labute approximate surface area is 167 Å². The van der Waals surface area contributed by atoms with E-state index in [4.69, 9.17) is 9.15 Å². The number of ether oxygens (including phenoxy) is 1. The topological polar surface area (TPSA) is 74.9 Å². The van der Waals surface area contributed by atoms with E-state index in [0.717, 1.165) is 56.8 Å². The SMILES string of the molecule is CCNC(=NCc1ccc(CN2CCOCC2)cc1)NCc1nc(C)c(C)o1. The van der Waals surface area contributed by atoms with Crippen LogP contribution >= 0.6 is 0 Å². The Balaban J connectivity index is 1.52. The standard InChI is InChI=1S/C21H31N5O2/c1-4-22-21(24-14-20-25-16(2)17(3)28-20)23-13-18-5-7-19(8-6-18)15-26-9-11-27-12-10-26/h5-8H,4,9-15H2,1-3H3,(H2,22,23,24). The number of aromatic nitrogens is 1. The smallest absolute Gasteiger partial charge is 0.214 e. The van der Waals surface area contributed by atoms with Crippen molar-refractivity contribution in [3.8, 4) is 0 Å². The highest BCUT2D eigenvalue weighted by Crippen LogP contribution is 2.10. The highest BCUT2D eigenvalue weighted by molar-refractivity contribution is 5.79. The zero-order valence-electron chi connectivity index (χ0n) is 17.1. The highest BCUT2D eigenvalue weighted by atomic mass is 16.5. The quantitative estimate of drug-likeness (QED) is 0.563. The number of oxazole rings is 1. The summed E-state index contributed by atoms with van der Waals surface area (Å²) in [5.74, 6) is 2.29. The van der Waals surface area contributed by atoms with Gasteiger partial charge in [-0.1, -0.05) is 24.3 Å². The van der Waals surface area contributed by atoms with Crippen molar-refractivity contribution in [1.29, 1.82) is 0 Å². The van der Waals surface area contributed by atoms with Crippen molar-refractivity contribution in [2.75, 3.05) is 32.8 Å². The number of aliphatic imine (C=N–C) groups is 1. The van der Waals surface area contributed by atoms with Crippen LogP contribution in [0.25, 0.3) is 0 Å². The molecular weight excluding hydrogens is 354 g/mol. The molecule has 28 heavy (non-hydrogen) atoms. The molecule has 0 atom stereocenters. The largest absolute Gasteiger partial charge is 0.444 e. The summed E-state index contributed by atoms with van der Waals surface area (Å²) in [6, 6.07) is 8.70. The maximum absolute atomic E-state index is 5.61. The number of morpholine rings is 1. The number of hydrogen-bond acceptors (Lipinski definition) is 5. The summed E-state index contributed by atoms with van der Waals surface area (Å²) in [6.45, 7) is 12.5. The third-order valence-electron chi connectivity index (χ3n) is 4.78. The predicted molar refractivity (Wildman–Crippen MR) is 110 cm³/mol. The Morgan fingerprint density at radius 2 is 1.82 bits per heavy atom. The zero-order chi connectivity index (χ0) is 19.8. The molecule has 1 aliphatic rings. The van der Waals surface area contributed by atoms with Gasteiger partial charge in [0.25, 0.3) is 0 Å². The Morgan fingerprint density at radius 3 is 2.46 bits per heavy atom. The minimum atomic E-state index is 0.513. The van der Waals surface area contributed by atoms with Crippen LogP contribution in [0.15, 0.2) is 33.7 Å². The van der Waals surface area contributed by atoms with E-state index in [2.05, 4.69) is 56.7 Å². The van der Waals surface area contributed by atoms with Gasteiger partial charge in [0.15, 0.2) is 5.96 Å². The number of aryl methyl sites for hydroxylation is 2. The molecular formula is C21H31N5O2. The van der Waals surface area contributed by atoms with E-state index >= 15 is 0 Å². The lowest BCUT2D eigenvalue weighted by Gasteiger charge is -2.26. The molecule has 7 nitrogen and oxygen atoms in total. The number of guanidine groups is 1. The normalized spacial score (nSPS) is 15.6. The Kier molecular flexibility index (Phi) is 7.45. The van der Waals surface area contributed by atoms with Crippen molar-refractivity contribution in [3.63, 3.8) is 0 Å². The lowest BCUT2D eigenvalue weighted by Crippen LogP contribution is -2.36. The van der Waals surface area contributed by atoms with Crippen molar-refractivity contribution in [2.45, 2.75) is 40.4 Å². The number of rotatable bonds is 7. The highest BCUT2D eigenvalue weighted by Gasteiger charge is 2.10. The molecule has 1 aromatic heterocycles. The summed E-state index contributed by atoms with van der Waals surface area (Å²) in [4.78, 5) is 11.5. The van der Waals surface area contributed by atoms with Gasteiger partial charge in [0.05, 0.1) is 32.0 Å². The summed E-state index contributed by atoms with van der Waals surface area (Å²) in [5.41, 5.74) is 3.44. The van der Waals surface area contributed by atoms with Crippen molar-refractivity contribution < 1.29 is 9.15 Å². The van der Waals surface area contributed by atoms with Crippen LogP contribution in [0.5, 0.6) is 0 Å². The molecule has 1 fully saturated rings. The first-order valence-corrected chi connectivity index (χ1v) is 9.97. The lowest BCUT2D eigenvalue weighted by molar-refractivity contribution is 0.0342. The zero-order valence-corrected chi connectivity index (χ0v) is 17.1. The fourth-order valence-electron chi connectivity index (χ4n) is 3.05. The Morgan fingerprint density at radius 1 is 1.11 bits per heavy atom. The number of benzene rings is 1. The van der Waals surface area contributed by atoms with Crippen molar-refractivity contribution in [2.24, 2.45) is 4.99 Å². The number of nitrogens with one attached hydrogen (secondary N) is 2. The van der Waals surface area contributed by atoms with Gasteiger partial charge in [0.2, 0.25) is 5.89 Å². The van der Waals surface area contributed by atoms with Crippen LogP contribution in [0, 0.1) is 13.8 Å². The molecule has 0 aliphatic carbocycles. The van der Waals surface area contributed by atoms with E-state index < -0.39 is 0 Å². The first-order valence-electron chi connectivity index (χ1n) is 9.97. The summed E-state index contributed by atoms with van der Waals surface area (Å²) in [6.07, 6.45) is 0. The van der Waals surface area contributed by atoms with Crippen molar-refractivity contribution >= 4 is 5.96 Å². The molecule has 152 valence electrons. The van der Waals surface area contributed by atoms with Crippen molar-refractivity contribution in [3.05, 3.63) is 52.7 Å². The van der Waals surface area contributed by atoms with Crippen LogP contribution in [0.2, 0.25) is 0 Å². The van der Waals surface area contributed by atoms with Gasteiger partial charge in [-0.15, -0.1) is 0 Å². The predicted octanol–water partition coefficient (Wildman–Crippen LogP) is 2.38. The van der Waals surface area contributed by atoms with Gasteiger partial charge in [0.1, 0.15) is 5.76 Å². The van der Waals surface area contributed by atoms with Crippen LogP contribution in [0.1, 0.15) is 35.4 Å². The van der Waals surface area contributed by atoms with E-state index in [9.17, 15) is 0 Å². The summed E-state index contributed by atoms with van der Waals surface area (Å²) in [7, 11) is 0. The second-order valence-corrected chi connectivity index (χ2v) is 7.00. The van der Waals surface area contributed by atoms with E-state index in [1.807, 2.05) is 13.8 Å². The summed E-state index contributed by atoms with van der Waals surface area (Å²) >= 11 is 0. The lowest BCUT2D eigenvalue weighted by atomic mass is 10.1. The Hall–Kier alpha value is -2.38. The van der Waals surface area contributed by atoms with Crippen LogP contribution in [-0.2, 0) is 24.4 Å². The monoisotopic (exact) mass is 385 g/mol. The van der Waals surface area contributed by atoms with Crippen molar-refractivity contribution in [1.82, 2.24) is 20.5 Å². The van der Waals surface area contributed by atoms with Crippen LogP contribution in [-0.4, -0.2) is 48.7 Å². The molecule has 2 heterocycles. The number of nitrogens with zero attached hydrogens (tertiary/aromatic N) is 3. The molecule has 1 saturated heterocycles. The third-order valence-corrected chi connectivity index (χ3v) is 4.78. The van der Waals surface area contributed by atoms with Crippen LogP contribution < -0.4 is 10.6 Å². The second kappa shape index (κ2) is 10.2. The second-order valence-electron chi connectivity index (χ2n) is 7.00. The average molecular weight is 386 g/mol. The average Bonchev–Trinajstić information content (AvgIpc) is 3.03. The minimum absolute atomic E-state index is 0.513. The fourth-order valence-corrected chi connectivity index (χ4v) is 3.05. The van der Waals surface area contributed by atoms with Gasteiger partial charge in [-0.2, -0.15) is 0 Å². The van der Waals surface area contributed by atoms with Gasteiger partial charge >= 0.3 is 0 Å². The molecule has 2 aromatic rings. The summed E-state index contributed by atoms with van der Waals surface area (Å²) in [5, 5.41) is 6.54. The molecule has 3 rings (SSSR count). The molecule has 7 heteroatoms. The van der Waals surface area contributed by atoms with Crippen LogP contribution in [0.3, 0.4) is 0 Å². The molecule has 0 radical (unpaired) electrons. The van der Waals surface area contributed by atoms with E-state index in [0.29, 0.717) is 19.0 Å². The first kappa shape index (κ1) is 20.4. The molecule has 0 amide bonds. The maximum Gasteiger partial charge on any atom is 0.214 e. The Bertz CT molecular complexity index is 744. The third kappa shape index (κ3) is 6.07. The maximum atomic E-state index is 5.61. The van der Waals surface area contributed by atoms with Gasteiger partial charge < -0.3 is 19.8 Å². The molecule has 0 unspecified atom stereocenters. The number of hydrogen-bond donors (Lipinski definition) is 2. The molecule has 1 aliphatic heterocycles. The summed E-state index contributed by atoms with van der Waals surface area (Å²) < 4.78 is 11.0.